The molecule has 0 unspecified atom stereocenters. The van der Waals surface area contributed by atoms with E-state index in [4.69, 9.17) is 11.6 Å². The molecular weight excluding hydrogens is 359 g/mol. The zero-order valence-corrected chi connectivity index (χ0v) is 14.4. The first-order valence-electron chi connectivity index (χ1n) is 7.87. The predicted molar refractivity (Wildman–Crippen MR) is 94.0 cm³/mol. The average Bonchev–Trinajstić information content (AvgIpc) is 3.10. The second-order valence-corrected chi connectivity index (χ2v) is 6.10. The van der Waals surface area contributed by atoms with Crippen molar-refractivity contribution in [3.8, 4) is 0 Å². The highest BCUT2D eigenvalue weighted by atomic mass is 35.5. The maximum absolute atomic E-state index is 12.9. The van der Waals surface area contributed by atoms with Gasteiger partial charge in [-0.3, -0.25) is 4.79 Å². The summed E-state index contributed by atoms with van der Waals surface area (Å²) in [5.74, 6) is -0.790. The van der Waals surface area contributed by atoms with Gasteiger partial charge in [-0.15, -0.1) is 5.10 Å². The number of carbonyl (C=O) groups is 1. The number of nitrogens with zero attached hydrogens (tertiary/aromatic N) is 3. The maximum Gasteiger partial charge on any atom is 0.291 e. The molecule has 26 heavy (non-hydrogen) atoms. The lowest BCUT2D eigenvalue weighted by Crippen LogP contribution is -2.24. The summed E-state index contributed by atoms with van der Waals surface area (Å²) >= 11 is 5.82. The molecule has 0 aliphatic carbocycles. The van der Waals surface area contributed by atoms with E-state index in [1.165, 1.54) is 35.3 Å². The van der Waals surface area contributed by atoms with Gasteiger partial charge in [0.25, 0.3) is 5.91 Å². The quantitative estimate of drug-likeness (QED) is 0.695. The fourth-order valence-electron chi connectivity index (χ4n) is 2.32. The number of amides is 1. The Morgan fingerprint density at radius 1 is 1.19 bits per heavy atom. The molecule has 0 aliphatic heterocycles. The smallest absolute Gasteiger partial charge is 0.291 e. The average molecular weight is 375 g/mol. The Morgan fingerprint density at radius 3 is 2.58 bits per heavy atom. The molecule has 0 radical (unpaired) electrons. The number of aliphatic hydroxyl groups excluding tert-OH is 1. The van der Waals surface area contributed by atoms with Crippen LogP contribution in [-0.2, 0) is 13.1 Å². The fraction of sp³-hybridized carbons (Fsp3) is 0.167. The minimum Gasteiger partial charge on any atom is -0.386 e. The number of benzene rings is 2. The van der Waals surface area contributed by atoms with Crippen molar-refractivity contribution < 1.29 is 14.3 Å². The molecule has 134 valence electrons. The topological polar surface area (TPSA) is 80.0 Å². The van der Waals surface area contributed by atoms with E-state index in [1.807, 2.05) is 12.1 Å². The number of hydrogen-bond donors (Lipinski definition) is 2. The lowest BCUT2D eigenvalue weighted by Gasteiger charge is -2.10. The molecule has 0 spiro atoms. The van der Waals surface area contributed by atoms with Crippen molar-refractivity contribution >= 4 is 17.5 Å². The number of hydrogen-bond acceptors (Lipinski definition) is 4. The number of nitrogens with one attached hydrogen (secondary N) is 1. The van der Waals surface area contributed by atoms with Crippen LogP contribution in [0.25, 0.3) is 0 Å². The van der Waals surface area contributed by atoms with Crippen LogP contribution in [0.5, 0.6) is 0 Å². The molecule has 8 heteroatoms. The van der Waals surface area contributed by atoms with Crippen LogP contribution in [-0.4, -0.2) is 25.8 Å². The molecule has 0 saturated carbocycles. The van der Waals surface area contributed by atoms with Gasteiger partial charge in [0.05, 0.1) is 12.6 Å². The summed E-state index contributed by atoms with van der Waals surface area (Å²) in [6.45, 7) is 0.422. The first-order valence-corrected chi connectivity index (χ1v) is 8.24. The van der Waals surface area contributed by atoms with Gasteiger partial charge >= 0.3 is 0 Å². The summed E-state index contributed by atoms with van der Waals surface area (Å²) < 4.78 is 14.3. The number of halogens is 2. The van der Waals surface area contributed by atoms with Crippen molar-refractivity contribution in [2.75, 3.05) is 0 Å². The molecule has 0 saturated heterocycles. The van der Waals surface area contributed by atoms with Crippen LogP contribution in [0.4, 0.5) is 4.39 Å². The molecule has 0 fully saturated rings. The highest BCUT2D eigenvalue weighted by Crippen LogP contribution is 2.15. The minimum absolute atomic E-state index is 0.00488. The zero-order valence-electron chi connectivity index (χ0n) is 13.6. The number of rotatable bonds is 6. The van der Waals surface area contributed by atoms with Crippen molar-refractivity contribution in [3.63, 3.8) is 0 Å². The third-order valence-electron chi connectivity index (χ3n) is 3.72. The van der Waals surface area contributed by atoms with Gasteiger partial charge < -0.3 is 10.4 Å². The van der Waals surface area contributed by atoms with Gasteiger partial charge in [-0.05, 0) is 35.4 Å². The van der Waals surface area contributed by atoms with Crippen LogP contribution >= 0.6 is 11.6 Å². The molecule has 1 heterocycles. The monoisotopic (exact) mass is 374 g/mol. The first kappa shape index (κ1) is 18.0. The molecule has 3 rings (SSSR count). The third kappa shape index (κ3) is 4.65. The summed E-state index contributed by atoms with van der Waals surface area (Å²) in [5.41, 5.74) is 1.45. The highest BCUT2D eigenvalue weighted by molar-refractivity contribution is 6.30. The molecule has 1 amide bonds. The van der Waals surface area contributed by atoms with E-state index in [0.717, 1.165) is 5.56 Å². The predicted octanol–water partition coefficient (Wildman–Crippen LogP) is 2.73. The molecule has 2 N–H and O–H groups in total. The fourth-order valence-corrected chi connectivity index (χ4v) is 2.44. The Balaban J connectivity index is 1.57. The molecule has 6 nitrogen and oxygen atoms in total. The normalized spacial score (nSPS) is 12.0. The van der Waals surface area contributed by atoms with Crippen LogP contribution in [0.2, 0.25) is 5.02 Å². The minimum atomic E-state index is -0.887. The van der Waals surface area contributed by atoms with Crippen LogP contribution < -0.4 is 5.32 Å². The van der Waals surface area contributed by atoms with Crippen LogP contribution in [0, 0.1) is 5.82 Å². The summed E-state index contributed by atoms with van der Waals surface area (Å²) in [5, 5.41) is 17.6. The summed E-state index contributed by atoms with van der Waals surface area (Å²) in [4.78, 5) is 16.1. The largest absolute Gasteiger partial charge is 0.386 e. The molecular formula is C18H16ClFN4O2. The lowest BCUT2D eigenvalue weighted by molar-refractivity contribution is 0.0938. The van der Waals surface area contributed by atoms with Gasteiger partial charge in [0.15, 0.2) is 0 Å². The standard InChI is InChI=1S/C18H16ClFN4O2/c19-14-5-1-12(2-6-14)9-21-18(26)17-22-11-24(23-17)10-16(25)13-3-7-15(20)8-4-13/h1-8,11,16,25H,9-10H2,(H,21,26)/t16-/m1/s1. The number of aliphatic hydroxyl groups is 1. The second kappa shape index (κ2) is 8.07. The van der Waals surface area contributed by atoms with Crippen molar-refractivity contribution in [2.45, 2.75) is 19.2 Å². The van der Waals surface area contributed by atoms with Gasteiger partial charge in [0.2, 0.25) is 5.82 Å². The van der Waals surface area contributed by atoms with E-state index >= 15 is 0 Å². The van der Waals surface area contributed by atoms with Crippen LogP contribution in [0.3, 0.4) is 0 Å². The summed E-state index contributed by atoms with van der Waals surface area (Å²) in [6, 6.07) is 12.7. The van der Waals surface area contributed by atoms with Crippen molar-refractivity contribution in [2.24, 2.45) is 0 Å². The van der Waals surface area contributed by atoms with Crippen LogP contribution in [0.15, 0.2) is 54.9 Å². The van der Waals surface area contributed by atoms with Crippen molar-refractivity contribution in [1.29, 1.82) is 0 Å². The molecule has 1 atom stereocenters. The first-order chi connectivity index (χ1) is 12.5. The Labute approximate surface area is 154 Å². The van der Waals surface area contributed by atoms with Gasteiger partial charge in [0, 0.05) is 11.6 Å². The van der Waals surface area contributed by atoms with E-state index in [9.17, 15) is 14.3 Å². The van der Waals surface area contributed by atoms with E-state index < -0.39 is 12.0 Å². The third-order valence-corrected chi connectivity index (χ3v) is 3.97. The van der Waals surface area contributed by atoms with E-state index in [2.05, 4.69) is 15.4 Å². The van der Waals surface area contributed by atoms with Crippen molar-refractivity contribution in [3.05, 3.63) is 82.6 Å². The SMILES string of the molecule is O=C(NCc1ccc(Cl)cc1)c1ncn(C[C@@H](O)c2ccc(F)cc2)n1. The summed E-state index contributed by atoms with van der Waals surface area (Å²) in [7, 11) is 0. The van der Waals surface area contributed by atoms with E-state index in [-0.39, 0.29) is 18.2 Å². The summed E-state index contributed by atoms with van der Waals surface area (Å²) in [6.07, 6.45) is 0.478. The van der Waals surface area contributed by atoms with Gasteiger partial charge in [-0.1, -0.05) is 35.9 Å². The maximum atomic E-state index is 12.9. The molecule has 0 aliphatic rings. The Hall–Kier alpha value is -2.77. The lowest BCUT2D eigenvalue weighted by atomic mass is 10.1. The molecule has 3 aromatic rings. The molecule has 2 aromatic carbocycles. The van der Waals surface area contributed by atoms with Crippen molar-refractivity contribution in [1.82, 2.24) is 20.1 Å². The molecule has 0 bridgehead atoms. The Kier molecular flexibility index (Phi) is 5.60. The Morgan fingerprint density at radius 2 is 1.88 bits per heavy atom. The van der Waals surface area contributed by atoms with Crippen LogP contribution in [0.1, 0.15) is 27.8 Å². The molecule has 1 aromatic heterocycles. The zero-order chi connectivity index (χ0) is 18.5. The number of aromatic nitrogens is 3. The van der Waals surface area contributed by atoms with Gasteiger partial charge in [0.1, 0.15) is 12.1 Å². The highest BCUT2D eigenvalue weighted by Gasteiger charge is 2.14. The van der Waals surface area contributed by atoms with Gasteiger partial charge in [-0.25, -0.2) is 14.1 Å². The van der Waals surface area contributed by atoms with E-state index in [0.29, 0.717) is 17.1 Å². The number of carbonyl (C=O) groups excluding carboxylic acids is 1. The Bertz CT molecular complexity index is 881. The second-order valence-electron chi connectivity index (χ2n) is 5.67. The van der Waals surface area contributed by atoms with Gasteiger partial charge in [-0.2, -0.15) is 0 Å². The van der Waals surface area contributed by atoms with E-state index in [1.54, 1.807) is 12.1 Å².